The Labute approximate surface area is 190 Å². The zero-order chi connectivity index (χ0) is 23.5. The van der Waals surface area contributed by atoms with Crippen molar-refractivity contribution in [3.63, 3.8) is 0 Å². The third-order valence-corrected chi connectivity index (χ3v) is 6.14. The molecule has 0 radical (unpaired) electrons. The lowest BCUT2D eigenvalue weighted by Gasteiger charge is -2.31. The van der Waals surface area contributed by atoms with Crippen molar-refractivity contribution in [1.29, 1.82) is 0 Å². The molecule has 0 saturated carbocycles. The zero-order valence-electron chi connectivity index (χ0n) is 19.8. The highest BCUT2D eigenvalue weighted by Gasteiger charge is 2.56. The van der Waals surface area contributed by atoms with Crippen LogP contribution in [0.5, 0.6) is 0 Å². The van der Waals surface area contributed by atoms with Gasteiger partial charge in [0.1, 0.15) is 11.7 Å². The molecule has 0 aromatic heterocycles. The molecule has 3 atom stereocenters. The van der Waals surface area contributed by atoms with E-state index in [1.807, 2.05) is 59.2 Å². The Morgan fingerprint density at radius 3 is 2.84 bits per heavy atom. The maximum absolute atomic E-state index is 13.7. The number of nitrogens with zero attached hydrogens (tertiary/aromatic N) is 3. The van der Waals surface area contributed by atoms with Crippen molar-refractivity contribution in [3.8, 4) is 0 Å². The van der Waals surface area contributed by atoms with Gasteiger partial charge in [-0.25, -0.2) is 9.38 Å². The molecule has 3 rings (SSSR count). The van der Waals surface area contributed by atoms with Gasteiger partial charge in [-0.3, -0.25) is 9.69 Å². The number of aliphatic imine (C=N–C) groups is 2. The van der Waals surface area contributed by atoms with E-state index in [1.165, 1.54) is 6.08 Å². The highest BCUT2D eigenvalue weighted by molar-refractivity contribution is 6.14. The Balaban J connectivity index is 1.99. The molecule has 1 fully saturated rings. The van der Waals surface area contributed by atoms with Gasteiger partial charge >= 0.3 is 0 Å². The summed E-state index contributed by atoms with van der Waals surface area (Å²) in [7, 11) is 1.83. The van der Waals surface area contributed by atoms with Crippen molar-refractivity contribution in [3.05, 3.63) is 59.8 Å². The normalized spacial score (nSPS) is 26.2. The Kier molecular flexibility index (Phi) is 7.16. The summed E-state index contributed by atoms with van der Waals surface area (Å²) in [6, 6.07) is -0.397. The van der Waals surface area contributed by atoms with E-state index >= 15 is 0 Å². The van der Waals surface area contributed by atoms with E-state index in [9.17, 15) is 9.18 Å². The van der Waals surface area contributed by atoms with E-state index in [0.717, 1.165) is 17.7 Å². The van der Waals surface area contributed by atoms with Crippen molar-refractivity contribution in [2.24, 2.45) is 21.3 Å². The monoisotopic (exact) mass is 439 g/mol. The van der Waals surface area contributed by atoms with Crippen molar-refractivity contribution in [1.82, 2.24) is 15.5 Å². The molecule has 0 aromatic rings. The minimum absolute atomic E-state index is 0.0110. The maximum atomic E-state index is 13.7. The van der Waals surface area contributed by atoms with Gasteiger partial charge in [-0.15, -0.1) is 0 Å². The highest BCUT2D eigenvalue weighted by Crippen LogP contribution is 2.44. The van der Waals surface area contributed by atoms with Crippen LogP contribution in [0, 0.1) is 11.3 Å². The summed E-state index contributed by atoms with van der Waals surface area (Å²) in [5.74, 6) is 0.875. The largest absolute Gasteiger partial charge is 0.392 e. The summed E-state index contributed by atoms with van der Waals surface area (Å²) >= 11 is 0. The second kappa shape index (κ2) is 9.67. The van der Waals surface area contributed by atoms with E-state index in [1.54, 1.807) is 17.1 Å². The lowest BCUT2D eigenvalue weighted by atomic mass is 9.77. The summed E-state index contributed by atoms with van der Waals surface area (Å²) in [4.78, 5) is 24.9. The average Bonchev–Trinajstić information content (AvgIpc) is 2.86. The Bertz CT molecular complexity index is 967. The van der Waals surface area contributed by atoms with Gasteiger partial charge in [-0.05, 0) is 38.0 Å². The first-order valence-corrected chi connectivity index (χ1v) is 11.2. The molecule has 3 unspecified atom stereocenters. The molecule has 0 bridgehead atoms. The van der Waals surface area contributed by atoms with E-state index < -0.39 is 5.41 Å². The van der Waals surface area contributed by atoms with Crippen LogP contribution in [0.4, 0.5) is 4.39 Å². The fraction of sp³-hybridized carbons (Fsp3) is 0.480. The van der Waals surface area contributed by atoms with Gasteiger partial charge in [0.25, 0.3) is 0 Å². The van der Waals surface area contributed by atoms with E-state index in [2.05, 4.69) is 17.6 Å². The number of amides is 1. The quantitative estimate of drug-likeness (QED) is 0.604. The second-order valence-corrected chi connectivity index (χ2v) is 8.92. The zero-order valence-corrected chi connectivity index (χ0v) is 19.8. The lowest BCUT2D eigenvalue weighted by Crippen LogP contribution is -2.43. The molecule has 0 spiro atoms. The summed E-state index contributed by atoms with van der Waals surface area (Å²) < 4.78 is 13.7. The number of nitrogens with one attached hydrogen (secondary N) is 2. The minimum Gasteiger partial charge on any atom is -0.392 e. The molecule has 32 heavy (non-hydrogen) atoms. The van der Waals surface area contributed by atoms with Crippen LogP contribution in [-0.4, -0.2) is 41.7 Å². The van der Waals surface area contributed by atoms with Crippen molar-refractivity contribution in [2.45, 2.75) is 59.5 Å². The molecule has 6 nitrogen and oxygen atoms in total. The van der Waals surface area contributed by atoms with Crippen LogP contribution >= 0.6 is 0 Å². The van der Waals surface area contributed by atoms with Crippen LogP contribution in [0.25, 0.3) is 0 Å². The van der Waals surface area contributed by atoms with Crippen LogP contribution in [0.15, 0.2) is 69.7 Å². The van der Waals surface area contributed by atoms with Gasteiger partial charge in [-0.2, -0.15) is 4.99 Å². The SMILES string of the molecule is CC/C=C\C(=C/NC)NC1=NC(C)C2C(=N1)N(C(C)C1=CC=C(F)CC=C1)C(=O)C2(C)C. The number of carbonyl (C=O) groups excluding carboxylic acids is 1. The molecule has 1 aliphatic carbocycles. The molecule has 2 aliphatic heterocycles. The number of guanidine groups is 1. The number of likely N-dealkylation sites (tertiary alicyclic amines) is 1. The first-order chi connectivity index (χ1) is 15.2. The third kappa shape index (κ3) is 4.61. The molecule has 3 aliphatic rings. The van der Waals surface area contributed by atoms with Crippen LogP contribution in [-0.2, 0) is 4.79 Å². The summed E-state index contributed by atoms with van der Waals surface area (Å²) in [5, 5.41) is 6.31. The fourth-order valence-corrected chi connectivity index (χ4v) is 4.50. The molecule has 172 valence electrons. The average molecular weight is 440 g/mol. The smallest absolute Gasteiger partial charge is 0.234 e. The summed E-state index contributed by atoms with van der Waals surface area (Å²) in [6.45, 7) is 9.98. The third-order valence-electron chi connectivity index (χ3n) is 6.14. The first-order valence-electron chi connectivity index (χ1n) is 11.2. The van der Waals surface area contributed by atoms with Crippen molar-refractivity contribution < 1.29 is 9.18 Å². The van der Waals surface area contributed by atoms with Crippen LogP contribution < -0.4 is 10.6 Å². The molecule has 1 amide bonds. The van der Waals surface area contributed by atoms with Crippen LogP contribution in [0.1, 0.15) is 47.5 Å². The van der Waals surface area contributed by atoms with Gasteiger partial charge in [0.2, 0.25) is 11.9 Å². The molecule has 1 saturated heterocycles. The highest BCUT2D eigenvalue weighted by atomic mass is 19.1. The van der Waals surface area contributed by atoms with E-state index in [-0.39, 0.29) is 36.2 Å². The predicted octanol–water partition coefficient (Wildman–Crippen LogP) is 4.37. The van der Waals surface area contributed by atoms with Gasteiger partial charge in [0, 0.05) is 19.7 Å². The number of carbonyl (C=O) groups is 1. The molecular weight excluding hydrogens is 405 g/mol. The number of allylic oxidation sites excluding steroid dienone is 6. The van der Waals surface area contributed by atoms with E-state index in [0.29, 0.717) is 11.8 Å². The Hall–Kier alpha value is -2.96. The fourth-order valence-electron chi connectivity index (χ4n) is 4.50. The second-order valence-electron chi connectivity index (χ2n) is 8.92. The first kappa shape index (κ1) is 23.7. The van der Waals surface area contributed by atoms with Gasteiger partial charge in [-0.1, -0.05) is 45.1 Å². The van der Waals surface area contributed by atoms with Gasteiger partial charge in [0.15, 0.2) is 0 Å². The number of fused-ring (bicyclic) bond motifs is 1. The van der Waals surface area contributed by atoms with Gasteiger partial charge < -0.3 is 10.6 Å². The number of hydrogen-bond acceptors (Lipinski definition) is 5. The maximum Gasteiger partial charge on any atom is 0.234 e. The van der Waals surface area contributed by atoms with Crippen molar-refractivity contribution in [2.75, 3.05) is 7.05 Å². The number of rotatable bonds is 6. The summed E-state index contributed by atoms with van der Waals surface area (Å²) in [5.41, 5.74) is 1.07. The van der Waals surface area contributed by atoms with Crippen molar-refractivity contribution >= 4 is 17.7 Å². The number of hydrogen-bond donors (Lipinski definition) is 2. The van der Waals surface area contributed by atoms with Crippen LogP contribution in [0.3, 0.4) is 0 Å². The van der Waals surface area contributed by atoms with Gasteiger partial charge in [0.05, 0.1) is 29.1 Å². The minimum atomic E-state index is -0.636. The molecule has 2 N–H and O–H groups in total. The van der Waals surface area contributed by atoms with E-state index in [4.69, 9.17) is 9.98 Å². The Morgan fingerprint density at radius 2 is 2.16 bits per heavy atom. The predicted molar refractivity (Wildman–Crippen MR) is 129 cm³/mol. The lowest BCUT2D eigenvalue weighted by molar-refractivity contribution is -0.135. The topological polar surface area (TPSA) is 69.1 Å². The Morgan fingerprint density at radius 1 is 1.41 bits per heavy atom. The molecule has 2 heterocycles. The standard InChI is InChI=1S/C25H34FN5O/c1-7-8-12-20(15-27-6)29-24-28-16(2)21-22(30-24)31(23(32)25(21,4)5)17(3)18-10-9-11-19(26)14-13-18/h8-10,12-17,21,27H,7,11H2,1-6H3,(H,28,29)/b12-8-,20-15+. The number of halogens is 1. The van der Waals surface area contributed by atoms with Crippen LogP contribution in [0.2, 0.25) is 0 Å². The summed E-state index contributed by atoms with van der Waals surface area (Å²) in [6.07, 6.45) is 14.0. The molecular formula is C25H34FN5O. The molecule has 7 heteroatoms. The molecule has 0 aromatic carbocycles. The number of amidine groups is 1.